The van der Waals surface area contributed by atoms with Crippen LogP contribution in [-0.4, -0.2) is 58.6 Å². The maximum absolute atomic E-state index is 5.16. The van der Waals surface area contributed by atoms with Gasteiger partial charge in [0.15, 0.2) is 11.5 Å². The van der Waals surface area contributed by atoms with Crippen LogP contribution in [0, 0.1) is 12.8 Å². The first-order chi connectivity index (χ1) is 11.4. The normalized spacial score (nSPS) is 15.8. The molecule has 0 saturated heterocycles. The summed E-state index contributed by atoms with van der Waals surface area (Å²) in [7, 11) is 9.62. The van der Waals surface area contributed by atoms with Crippen molar-refractivity contribution < 1.29 is 14.3 Å². The van der Waals surface area contributed by atoms with Crippen molar-refractivity contribution in [3.63, 3.8) is 0 Å². The molecule has 0 bridgehead atoms. The Hall–Kier alpha value is -1.30. The standard InChI is InChI=1S/C8H17N.C8H8O2.C3H9NO/c1-9(2)7-8-5-3-4-6-8;1-6-2-3-7-8(4-6)10-5-9-7;1-4(2)5-3/h8H,3-7H2,1-2H3;2-4H,5H2,1H3;1-3H3. The van der Waals surface area contributed by atoms with Crippen molar-refractivity contribution in [3.8, 4) is 11.5 Å². The molecular weight excluding hydrogens is 304 g/mol. The number of rotatable bonds is 3. The molecule has 1 saturated carbocycles. The van der Waals surface area contributed by atoms with E-state index in [1.54, 1.807) is 12.2 Å². The van der Waals surface area contributed by atoms with Gasteiger partial charge in [-0.3, -0.25) is 0 Å². The Morgan fingerprint density at radius 3 is 2.17 bits per heavy atom. The summed E-state index contributed by atoms with van der Waals surface area (Å²) in [5.74, 6) is 2.73. The zero-order valence-electron chi connectivity index (χ0n) is 16.2. The van der Waals surface area contributed by atoms with Gasteiger partial charge in [-0.15, -0.1) is 0 Å². The highest BCUT2D eigenvalue weighted by molar-refractivity contribution is 5.43. The Labute approximate surface area is 147 Å². The van der Waals surface area contributed by atoms with Crippen LogP contribution in [0.15, 0.2) is 18.2 Å². The molecule has 0 unspecified atom stereocenters. The second-order valence-electron chi connectivity index (χ2n) is 6.76. The second kappa shape index (κ2) is 11.3. The van der Waals surface area contributed by atoms with Crippen molar-refractivity contribution in [2.45, 2.75) is 32.6 Å². The van der Waals surface area contributed by atoms with E-state index in [1.165, 1.54) is 37.8 Å². The van der Waals surface area contributed by atoms with Gasteiger partial charge < -0.3 is 19.2 Å². The van der Waals surface area contributed by atoms with Crippen molar-refractivity contribution in [1.29, 1.82) is 0 Å². The number of benzene rings is 1. The molecule has 24 heavy (non-hydrogen) atoms. The lowest BCUT2D eigenvalue weighted by atomic mass is 10.1. The third-order valence-electron chi connectivity index (χ3n) is 3.99. The van der Waals surface area contributed by atoms with Crippen LogP contribution in [0.25, 0.3) is 0 Å². The fourth-order valence-electron chi connectivity index (χ4n) is 2.71. The summed E-state index contributed by atoms with van der Waals surface area (Å²) in [6, 6.07) is 5.91. The van der Waals surface area contributed by atoms with E-state index in [2.05, 4.69) is 23.8 Å². The Kier molecular flexibility index (Phi) is 9.76. The van der Waals surface area contributed by atoms with Crippen molar-refractivity contribution in [3.05, 3.63) is 23.8 Å². The average molecular weight is 338 g/mol. The highest BCUT2D eigenvalue weighted by Gasteiger charge is 2.14. The number of nitrogens with zero attached hydrogens (tertiary/aromatic N) is 2. The molecule has 1 aromatic rings. The van der Waals surface area contributed by atoms with Crippen LogP contribution < -0.4 is 9.47 Å². The number of ether oxygens (including phenoxy) is 2. The van der Waals surface area contributed by atoms with Crippen molar-refractivity contribution in [2.75, 3.05) is 48.6 Å². The van der Waals surface area contributed by atoms with E-state index in [0.717, 1.165) is 17.4 Å². The van der Waals surface area contributed by atoms with Crippen LogP contribution in [0.2, 0.25) is 0 Å². The van der Waals surface area contributed by atoms with E-state index in [-0.39, 0.29) is 0 Å². The van der Waals surface area contributed by atoms with E-state index in [9.17, 15) is 0 Å². The summed E-state index contributed by atoms with van der Waals surface area (Å²) in [6.45, 7) is 3.70. The van der Waals surface area contributed by atoms with Gasteiger partial charge >= 0.3 is 0 Å². The monoisotopic (exact) mass is 338 g/mol. The minimum atomic E-state index is 0.360. The smallest absolute Gasteiger partial charge is 0.231 e. The van der Waals surface area contributed by atoms with Crippen molar-refractivity contribution in [2.24, 2.45) is 5.92 Å². The van der Waals surface area contributed by atoms with Gasteiger partial charge in [0.1, 0.15) is 0 Å². The molecule has 0 spiro atoms. The summed E-state index contributed by atoms with van der Waals surface area (Å²) < 4.78 is 10.3. The molecule has 1 aliphatic carbocycles. The zero-order valence-corrected chi connectivity index (χ0v) is 16.2. The molecular formula is C19H34N2O3. The Morgan fingerprint density at radius 2 is 1.62 bits per heavy atom. The first-order valence-corrected chi connectivity index (χ1v) is 8.64. The third-order valence-corrected chi connectivity index (χ3v) is 3.99. The van der Waals surface area contributed by atoms with Crippen LogP contribution in [0.3, 0.4) is 0 Å². The van der Waals surface area contributed by atoms with Gasteiger partial charge in [0, 0.05) is 20.6 Å². The van der Waals surface area contributed by atoms with Gasteiger partial charge in [0.25, 0.3) is 0 Å². The Balaban J connectivity index is 0.000000192. The predicted molar refractivity (Wildman–Crippen MR) is 98.5 cm³/mol. The second-order valence-corrected chi connectivity index (χ2v) is 6.76. The molecule has 5 heteroatoms. The number of hydrogen-bond acceptors (Lipinski definition) is 5. The molecule has 1 aliphatic heterocycles. The van der Waals surface area contributed by atoms with Gasteiger partial charge in [-0.2, -0.15) is 5.06 Å². The molecule has 0 atom stereocenters. The van der Waals surface area contributed by atoms with E-state index in [0.29, 0.717) is 6.79 Å². The van der Waals surface area contributed by atoms with E-state index in [1.807, 2.05) is 39.2 Å². The molecule has 1 heterocycles. The molecule has 0 amide bonds. The fourth-order valence-corrected chi connectivity index (χ4v) is 2.71. The maximum Gasteiger partial charge on any atom is 0.231 e. The average Bonchev–Trinajstić information content (AvgIpc) is 3.18. The number of aryl methyl sites for hydroxylation is 1. The highest BCUT2D eigenvalue weighted by atomic mass is 16.7. The van der Waals surface area contributed by atoms with Crippen LogP contribution in [0.4, 0.5) is 0 Å². The van der Waals surface area contributed by atoms with E-state index < -0.39 is 0 Å². The fraction of sp³-hybridized carbons (Fsp3) is 0.684. The molecule has 1 aromatic carbocycles. The van der Waals surface area contributed by atoms with Gasteiger partial charge in [0.05, 0.1) is 7.11 Å². The van der Waals surface area contributed by atoms with Crippen LogP contribution in [-0.2, 0) is 4.84 Å². The lowest BCUT2D eigenvalue weighted by molar-refractivity contribution is -0.0855. The van der Waals surface area contributed by atoms with E-state index in [4.69, 9.17) is 9.47 Å². The molecule has 0 N–H and O–H groups in total. The highest BCUT2D eigenvalue weighted by Crippen LogP contribution is 2.31. The molecule has 2 aliphatic rings. The lowest BCUT2D eigenvalue weighted by Gasteiger charge is -2.14. The molecule has 5 nitrogen and oxygen atoms in total. The van der Waals surface area contributed by atoms with Crippen LogP contribution >= 0.6 is 0 Å². The van der Waals surface area contributed by atoms with Crippen molar-refractivity contribution in [1.82, 2.24) is 9.96 Å². The van der Waals surface area contributed by atoms with Crippen molar-refractivity contribution >= 4 is 0 Å². The van der Waals surface area contributed by atoms with E-state index >= 15 is 0 Å². The van der Waals surface area contributed by atoms with Crippen LogP contribution in [0.1, 0.15) is 31.2 Å². The zero-order chi connectivity index (χ0) is 17.9. The van der Waals surface area contributed by atoms with Gasteiger partial charge in [0.2, 0.25) is 6.79 Å². The molecule has 1 fully saturated rings. The largest absolute Gasteiger partial charge is 0.454 e. The molecule has 0 aromatic heterocycles. The molecule has 3 rings (SSSR count). The lowest BCUT2D eigenvalue weighted by Crippen LogP contribution is -2.19. The minimum Gasteiger partial charge on any atom is -0.454 e. The third kappa shape index (κ3) is 8.52. The summed E-state index contributed by atoms with van der Waals surface area (Å²) in [5, 5.41) is 1.62. The van der Waals surface area contributed by atoms with Gasteiger partial charge in [-0.05, 0) is 57.5 Å². The summed E-state index contributed by atoms with van der Waals surface area (Å²) >= 11 is 0. The quantitative estimate of drug-likeness (QED) is 0.787. The first kappa shape index (κ1) is 20.7. The maximum atomic E-state index is 5.16. The minimum absolute atomic E-state index is 0.360. The van der Waals surface area contributed by atoms with Crippen LogP contribution in [0.5, 0.6) is 11.5 Å². The Bertz CT molecular complexity index is 458. The number of hydroxylamine groups is 2. The number of fused-ring (bicyclic) bond motifs is 1. The topological polar surface area (TPSA) is 34.2 Å². The summed E-state index contributed by atoms with van der Waals surface area (Å²) in [6.07, 6.45) is 5.88. The number of hydrogen-bond donors (Lipinski definition) is 0. The molecule has 138 valence electrons. The first-order valence-electron chi connectivity index (χ1n) is 8.64. The summed E-state index contributed by atoms with van der Waals surface area (Å²) in [5.41, 5.74) is 1.20. The summed E-state index contributed by atoms with van der Waals surface area (Å²) in [4.78, 5) is 6.88. The predicted octanol–water partition coefficient (Wildman–Crippen LogP) is 3.57. The SMILES string of the molecule is CN(C)CC1CCCC1.CON(C)C.Cc1ccc2c(c1)OCO2. The Morgan fingerprint density at radius 1 is 1.04 bits per heavy atom. The molecule has 0 radical (unpaired) electrons. The van der Waals surface area contributed by atoms with Gasteiger partial charge in [-0.1, -0.05) is 18.9 Å². The van der Waals surface area contributed by atoms with Gasteiger partial charge in [-0.25, -0.2) is 0 Å².